The van der Waals surface area contributed by atoms with E-state index in [4.69, 9.17) is 4.74 Å². The Morgan fingerprint density at radius 2 is 1.74 bits per heavy atom. The number of hydrogen-bond donors (Lipinski definition) is 1. The Morgan fingerprint density at radius 3 is 2.32 bits per heavy atom. The van der Waals surface area contributed by atoms with Crippen molar-refractivity contribution in [2.75, 3.05) is 36.8 Å². The Labute approximate surface area is 201 Å². The Morgan fingerprint density at radius 1 is 1.09 bits per heavy atom. The predicted octanol–water partition coefficient (Wildman–Crippen LogP) is 2.13. The molecule has 0 saturated carbocycles. The first kappa shape index (κ1) is 26.0. The average molecular weight is 510 g/mol. The van der Waals surface area contributed by atoms with Gasteiger partial charge in [-0.15, -0.1) is 0 Å². The van der Waals surface area contributed by atoms with E-state index in [2.05, 4.69) is 5.32 Å². The van der Waals surface area contributed by atoms with Gasteiger partial charge in [0.05, 0.1) is 23.4 Å². The van der Waals surface area contributed by atoms with Gasteiger partial charge in [-0.05, 0) is 68.7 Å². The molecule has 1 aliphatic rings. The number of carbonyl (C=O) groups is 1. The van der Waals surface area contributed by atoms with Crippen LogP contribution in [-0.2, 0) is 24.8 Å². The van der Waals surface area contributed by atoms with E-state index < -0.39 is 32.0 Å². The smallest absolute Gasteiger partial charge is 0.243 e. The van der Waals surface area contributed by atoms with Gasteiger partial charge in [-0.2, -0.15) is 4.31 Å². The van der Waals surface area contributed by atoms with E-state index >= 15 is 0 Å². The first-order valence-corrected chi connectivity index (χ1v) is 14.4. The number of aryl methyl sites for hydroxylation is 1. The largest absolute Gasteiger partial charge is 0.492 e. The molecule has 1 aliphatic heterocycles. The third kappa shape index (κ3) is 6.28. The maximum absolute atomic E-state index is 12.6. The second-order valence-corrected chi connectivity index (χ2v) is 12.1. The number of nitrogens with one attached hydrogen (secondary N) is 1. The lowest BCUT2D eigenvalue weighted by atomic mass is 10.2. The van der Waals surface area contributed by atoms with Crippen LogP contribution in [0.3, 0.4) is 0 Å². The molecule has 0 spiro atoms. The highest BCUT2D eigenvalue weighted by Crippen LogP contribution is 2.23. The fourth-order valence-electron chi connectivity index (χ4n) is 3.85. The van der Waals surface area contributed by atoms with E-state index in [0.717, 1.165) is 29.0 Å². The maximum Gasteiger partial charge on any atom is 0.243 e. The van der Waals surface area contributed by atoms with Crippen LogP contribution in [0.2, 0.25) is 0 Å². The molecule has 1 atom stereocenters. The van der Waals surface area contributed by atoms with Crippen LogP contribution in [0.15, 0.2) is 53.4 Å². The molecule has 0 radical (unpaired) electrons. The van der Waals surface area contributed by atoms with Gasteiger partial charge in [-0.1, -0.05) is 12.1 Å². The van der Waals surface area contributed by atoms with E-state index in [1.165, 1.54) is 23.4 Å². The Balaban J connectivity index is 1.54. The SMILES string of the molecule is Cc1cccc(N(C(C)C(=O)NCCOc2ccc(S(=O)(=O)N3CCCC3)cc2)S(C)(=O)=O)c1. The molecule has 0 aliphatic carbocycles. The first-order valence-electron chi connectivity index (χ1n) is 11.1. The van der Waals surface area contributed by atoms with E-state index in [1.54, 1.807) is 30.3 Å². The molecule has 2 aromatic rings. The standard InChI is InChI=1S/C23H31N3O6S2/c1-18-7-6-8-20(17-18)26(33(3,28)29)19(2)23(27)24-13-16-32-21-9-11-22(12-10-21)34(30,31)25-14-4-5-15-25/h6-12,17,19H,4-5,13-16H2,1-3H3,(H,24,27). The van der Waals surface area contributed by atoms with Gasteiger partial charge < -0.3 is 10.1 Å². The Bertz CT molecular complexity index is 1210. The molecule has 1 amide bonds. The van der Waals surface area contributed by atoms with Crippen molar-refractivity contribution >= 4 is 31.6 Å². The number of nitrogens with zero attached hydrogens (tertiary/aromatic N) is 2. The number of carbonyl (C=O) groups excluding carboxylic acids is 1. The number of benzene rings is 2. The molecule has 34 heavy (non-hydrogen) atoms. The van der Waals surface area contributed by atoms with Crippen LogP contribution in [0.4, 0.5) is 5.69 Å². The normalized spacial score (nSPS) is 15.6. The summed E-state index contributed by atoms with van der Waals surface area (Å²) in [6, 6.07) is 12.2. The molecule has 1 heterocycles. The zero-order chi connectivity index (χ0) is 24.9. The molecule has 9 nitrogen and oxygen atoms in total. The van der Waals surface area contributed by atoms with Gasteiger partial charge >= 0.3 is 0 Å². The van der Waals surface area contributed by atoms with Crippen molar-refractivity contribution < 1.29 is 26.4 Å². The number of sulfonamides is 2. The molecule has 1 fully saturated rings. The lowest BCUT2D eigenvalue weighted by Crippen LogP contribution is -2.48. The molecule has 0 aromatic heterocycles. The summed E-state index contributed by atoms with van der Waals surface area (Å²) in [5.41, 5.74) is 1.30. The van der Waals surface area contributed by atoms with Gasteiger partial charge in [0.1, 0.15) is 18.4 Å². The van der Waals surface area contributed by atoms with Crippen molar-refractivity contribution in [1.82, 2.24) is 9.62 Å². The molecule has 0 bridgehead atoms. The summed E-state index contributed by atoms with van der Waals surface area (Å²) in [5.74, 6) is 0.0165. The molecule has 11 heteroatoms. The van der Waals surface area contributed by atoms with Crippen LogP contribution < -0.4 is 14.4 Å². The summed E-state index contributed by atoms with van der Waals surface area (Å²) in [6.45, 7) is 4.75. The topological polar surface area (TPSA) is 113 Å². The van der Waals surface area contributed by atoms with Crippen molar-refractivity contribution in [1.29, 1.82) is 0 Å². The maximum atomic E-state index is 12.6. The van der Waals surface area contributed by atoms with Crippen molar-refractivity contribution in [3.05, 3.63) is 54.1 Å². The second-order valence-electron chi connectivity index (χ2n) is 8.30. The zero-order valence-electron chi connectivity index (χ0n) is 19.6. The minimum absolute atomic E-state index is 0.139. The molecule has 1 unspecified atom stereocenters. The third-order valence-electron chi connectivity index (χ3n) is 5.54. The van der Waals surface area contributed by atoms with Gasteiger partial charge in [-0.25, -0.2) is 16.8 Å². The summed E-state index contributed by atoms with van der Waals surface area (Å²) in [6.07, 6.45) is 2.81. The fourth-order valence-corrected chi connectivity index (χ4v) is 6.53. The van der Waals surface area contributed by atoms with Crippen LogP contribution in [-0.4, -0.2) is 65.6 Å². The molecular weight excluding hydrogens is 478 g/mol. The highest BCUT2D eigenvalue weighted by molar-refractivity contribution is 7.92. The summed E-state index contributed by atoms with van der Waals surface area (Å²) in [4.78, 5) is 12.9. The van der Waals surface area contributed by atoms with Crippen LogP contribution in [0.5, 0.6) is 5.75 Å². The molecular formula is C23H31N3O6S2. The highest BCUT2D eigenvalue weighted by Gasteiger charge is 2.29. The highest BCUT2D eigenvalue weighted by atomic mass is 32.2. The number of hydrogen-bond acceptors (Lipinski definition) is 6. The lowest BCUT2D eigenvalue weighted by molar-refractivity contribution is -0.121. The Kier molecular flexibility index (Phi) is 8.21. The van der Waals surface area contributed by atoms with Crippen molar-refractivity contribution in [2.24, 2.45) is 0 Å². The number of anilines is 1. The van der Waals surface area contributed by atoms with E-state index in [1.807, 2.05) is 13.0 Å². The lowest BCUT2D eigenvalue weighted by Gasteiger charge is -2.28. The van der Waals surface area contributed by atoms with Crippen LogP contribution in [0.25, 0.3) is 0 Å². The second kappa shape index (κ2) is 10.7. The van der Waals surface area contributed by atoms with Crippen LogP contribution >= 0.6 is 0 Å². The quantitative estimate of drug-likeness (QED) is 0.491. The van der Waals surface area contributed by atoms with Crippen molar-refractivity contribution in [3.8, 4) is 5.75 Å². The fraction of sp³-hybridized carbons (Fsp3) is 0.435. The van der Waals surface area contributed by atoms with Gasteiger partial charge in [0, 0.05) is 13.1 Å². The minimum Gasteiger partial charge on any atom is -0.492 e. The van der Waals surface area contributed by atoms with Crippen LogP contribution in [0, 0.1) is 6.92 Å². The van der Waals surface area contributed by atoms with Gasteiger partial charge in [0.2, 0.25) is 26.0 Å². The van der Waals surface area contributed by atoms with Gasteiger partial charge in [0.15, 0.2) is 0 Å². The number of ether oxygens (including phenoxy) is 1. The van der Waals surface area contributed by atoms with Gasteiger partial charge in [0.25, 0.3) is 0 Å². The van der Waals surface area contributed by atoms with Crippen molar-refractivity contribution in [2.45, 2.75) is 37.6 Å². The monoisotopic (exact) mass is 509 g/mol. The summed E-state index contributed by atoms with van der Waals surface area (Å²) < 4.78 is 58.1. The third-order valence-corrected chi connectivity index (χ3v) is 8.70. The molecule has 1 saturated heterocycles. The van der Waals surface area contributed by atoms with E-state index in [0.29, 0.717) is 24.5 Å². The predicted molar refractivity (Wildman–Crippen MR) is 131 cm³/mol. The number of amides is 1. The first-order chi connectivity index (χ1) is 16.0. The summed E-state index contributed by atoms with van der Waals surface area (Å²) in [5, 5.41) is 2.69. The molecule has 2 aromatic carbocycles. The Hall–Kier alpha value is -2.63. The van der Waals surface area contributed by atoms with Crippen LogP contribution in [0.1, 0.15) is 25.3 Å². The van der Waals surface area contributed by atoms with E-state index in [9.17, 15) is 21.6 Å². The zero-order valence-corrected chi connectivity index (χ0v) is 21.2. The summed E-state index contributed by atoms with van der Waals surface area (Å²) >= 11 is 0. The molecule has 1 N–H and O–H groups in total. The molecule has 3 rings (SSSR count). The summed E-state index contributed by atoms with van der Waals surface area (Å²) in [7, 11) is -7.17. The average Bonchev–Trinajstić information content (AvgIpc) is 3.32. The van der Waals surface area contributed by atoms with E-state index in [-0.39, 0.29) is 18.0 Å². The number of rotatable bonds is 10. The minimum atomic E-state index is -3.69. The molecule has 186 valence electrons. The van der Waals surface area contributed by atoms with Crippen molar-refractivity contribution in [3.63, 3.8) is 0 Å². The van der Waals surface area contributed by atoms with Gasteiger partial charge in [-0.3, -0.25) is 9.10 Å².